The number of rotatable bonds is 3. The first kappa shape index (κ1) is 18.4. The highest BCUT2D eigenvalue weighted by Crippen LogP contribution is 2.36. The largest absolute Gasteiger partial charge is 0.281 e. The molecule has 4 heteroatoms. The van der Waals surface area contributed by atoms with Crippen LogP contribution in [0.15, 0.2) is 65.5 Å². The van der Waals surface area contributed by atoms with E-state index in [-0.39, 0.29) is 12.1 Å². The maximum absolute atomic E-state index is 13.7. The molecule has 148 valence electrons. The summed E-state index contributed by atoms with van der Waals surface area (Å²) >= 11 is 0. The fourth-order valence-corrected chi connectivity index (χ4v) is 4.61. The molecule has 4 nitrogen and oxygen atoms in total. The number of para-hydroxylation sites is 1. The Balaban J connectivity index is 1.91. The smallest absolute Gasteiger partial charge is 0.267 e. The van der Waals surface area contributed by atoms with Gasteiger partial charge in [0.25, 0.3) is 5.56 Å². The van der Waals surface area contributed by atoms with E-state index in [4.69, 9.17) is 11.4 Å². The first-order chi connectivity index (χ1) is 14.7. The van der Waals surface area contributed by atoms with Gasteiger partial charge in [-0.25, -0.2) is 14.3 Å². The van der Waals surface area contributed by atoms with Crippen LogP contribution in [0.2, 0.25) is 0 Å². The van der Waals surface area contributed by atoms with E-state index in [1.807, 2.05) is 53.2 Å². The van der Waals surface area contributed by atoms with Crippen LogP contribution in [-0.4, -0.2) is 14.3 Å². The van der Waals surface area contributed by atoms with E-state index in [9.17, 15) is 4.79 Å². The van der Waals surface area contributed by atoms with E-state index in [0.717, 1.165) is 47.2 Å². The highest BCUT2D eigenvalue weighted by atomic mass is 16.1. The maximum Gasteiger partial charge on any atom is 0.281 e. The van der Waals surface area contributed by atoms with Crippen LogP contribution < -0.4 is 5.56 Å². The second kappa shape index (κ2) is 7.35. The highest BCUT2D eigenvalue weighted by Gasteiger charge is 2.27. The molecular weight excluding hydrogens is 370 g/mol. The predicted octanol–water partition coefficient (Wildman–Crippen LogP) is 4.61. The number of benzene rings is 2. The lowest BCUT2D eigenvalue weighted by Crippen LogP contribution is -2.21. The number of aromatic nitrogens is 3. The van der Waals surface area contributed by atoms with Crippen LogP contribution >= 0.6 is 0 Å². The standard InChI is InChI=1S/C26H23N3O/c1-3-16-28-25-23(26(30)29(28)20-12-8-5-9-13-20)21-15-14-18(2)17-22(21)24(27-25)19-10-6-4-7-11-19/h1,4-13,18H,14-17H2,2H3. The molecule has 0 saturated carbocycles. The van der Waals surface area contributed by atoms with Gasteiger partial charge in [0.05, 0.1) is 16.8 Å². The third-order valence-corrected chi connectivity index (χ3v) is 6.01. The number of hydrogen-bond acceptors (Lipinski definition) is 2. The van der Waals surface area contributed by atoms with E-state index < -0.39 is 0 Å². The van der Waals surface area contributed by atoms with E-state index in [1.165, 1.54) is 5.56 Å². The summed E-state index contributed by atoms with van der Waals surface area (Å²) in [6, 6.07) is 19.9. The van der Waals surface area contributed by atoms with Crippen LogP contribution in [-0.2, 0) is 19.4 Å². The van der Waals surface area contributed by atoms with E-state index in [2.05, 4.69) is 25.0 Å². The van der Waals surface area contributed by atoms with E-state index in [0.29, 0.717) is 11.6 Å². The Morgan fingerprint density at radius 2 is 1.77 bits per heavy atom. The van der Waals surface area contributed by atoms with Gasteiger partial charge in [-0.1, -0.05) is 61.4 Å². The van der Waals surface area contributed by atoms with Gasteiger partial charge in [-0.2, -0.15) is 0 Å². The SMILES string of the molecule is C#CCn1c2nc(-c3ccccc3)c3c(c2c(=O)n1-c1ccccc1)CCC(C)C3. The minimum Gasteiger partial charge on any atom is -0.267 e. The molecule has 0 aliphatic heterocycles. The summed E-state index contributed by atoms with van der Waals surface area (Å²) in [6.07, 6.45) is 8.60. The monoisotopic (exact) mass is 393 g/mol. The molecule has 2 aromatic heterocycles. The molecule has 0 saturated heterocycles. The van der Waals surface area contributed by atoms with Crippen LogP contribution in [0.3, 0.4) is 0 Å². The number of nitrogens with zero attached hydrogens (tertiary/aromatic N) is 3. The fraction of sp³-hybridized carbons (Fsp3) is 0.231. The van der Waals surface area contributed by atoms with Crippen molar-refractivity contribution in [2.45, 2.75) is 32.7 Å². The molecule has 1 aliphatic carbocycles. The van der Waals surface area contributed by atoms with Crippen molar-refractivity contribution in [2.24, 2.45) is 5.92 Å². The van der Waals surface area contributed by atoms with Gasteiger partial charge in [0, 0.05) is 5.56 Å². The molecule has 5 rings (SSSR count). The molecule has 0 amide bonds. The summed E-state index contributed by atoms with van der Waals surface area (Å²) in [5.74, 6) is 3.28. The zero-order chi connectivity index (χ0) is 20.7. The molecule has 1 unspecified atom stereocenters. The van der Waals surface area contributed by atoms with Crippen molar-refractivity contribution in [2.75, 3.05) is 0 Å². The van der Waals surface area contributed by atoms with Gasteiger partial charge in [-0.15, -0.1) is 6.42 Å². The van der Waals surface area contributed by atoms with Crippen LogP contribution in [0.4, 0.5) is 0 Å². The molecule has 0 bridgehead atoms. The van der Waals surface area contributed by atoms with Crippen molar-refractivity contribution < 1.29 is 0 Å². The number of hydrogen-bond donors (Lipinski definition) is 0. The summed E-state index contributed by atoms with van der Waals surface area (Å²) in [6.45, 7) is 2.55. The molecule has 2 heterocycles. The Labute approximate surface area is 175 Å². The Bertz CT molecular complexity index is 1320. The van der Waals surface area contributed by atoms with Crippen molar-refractivity contribution in [3.63, 3.8) is 0 Å². The lowest BCUT2D eigenvalue weighted by Gasteiger charge is -2.24. The minimum absolute atomic E-state index is 0.0376. The Morgan fingerprint density at radius 1 is 1.07 bits per heavy atom. The van der Waals surface area contributed by atoms with E-state index in [1.54, 1.807) is 4.68 Å². The third kappa shape index (κ3) is 2.86. The van der Waals surface area contributed by atoms with Gasteiger partial charge in [-0.05, 0) is 48.4 Å². The molecule has 0 fully saturated rings. The average Bonchev–Trinajstić information content (AvgIpc) is 3.06. The van der Waals surface area contributed by atoms with Crippen LogP contribution in [0.5, 0.6) is 0 Å². The lowest BCUT2D eigenvalue weighted by molar-refractivity contribution is 0.503. The Hall–Kier alpha value is -3.58. The Morgan fingerprint density at radius 3 is 2.47 bits per heavy atom. The third-order valence-electron chi connectivity index (χ3n) is 6.01. The summed E-state index contributed by atoms with van der Waals surface area (Å²) in [4.78, 5) is 18.7. The molecule has 1 atom stereocenters. The van der Waals surface area contributed by atoms with Gasteiger partial charge in [0.1, 0.15) is 6.54 Å². The lowest BCUT2D eigenvalue weighted by atomic mass is 9.82. The van der Waals surface area contributed by atoms with Gasteiger partial charge >= 0.3 is 0 Å². The Kier molecular flexibility index (Phi) is 4.52. The normalized spacial score (nSPS) is 15.7. The molecule has 2 aromatic carbocycles. The van der Waals surface area contributed by atoms with Crippen LogP contribution in [0.25, 0.3) is 28.0 Å². The number of aryl methyl sites for hydroxylation is 1. The predicted molar refractivity (Wildman–Crippen MR) is 121 cm³/mol. The zero-order valence-corrected chi connectivity index (χ0v) is 17.0. The molecule has 4 aromatic rings. The van der Waals surface area contributed by atoms with Gasteiger partial charge < -0.3 is 0 Å². The van der Waals surface area contributed by atoms with Gasteiger partial charge in [-0.3, -0.25) is 4.79 Å². The summed E-state index contributed by atoms with van der Waals surface area (Å²) in [5, 5.41) is 0.718. The molecule has 1 aliphatic rings. The average molecular weight is 393 g/mol. The first-order valence-corrected chi connectivity index (χ1v) is 10.4. The van der Waals surface area contributed by atoms with E-state index >= 15 is 0 Å². The van der Waals surface area contributed by atoms with Crippen LogP contribution in [0, 0.1) is 18.3 Å². The quantitative estimate of drug-likeness (QED) is 0.477. The number of pyridine rings is 1. The second-order valence-electron chi connectivity index (χ2n) is 8.04. The van der Waals surface area contributed by atoms with Crippen molar-refractivity contribution in [3.8, 4) is 29.3 Å². The van der Waals surface area contributed by atoms with Crippen molar-refractivity contribution in [3.05, 3.63) is 82.1 Å². The number of terminal acetylenes is 1. The van der Waals surface area contributed by atoms with Crippen molar-refractivity contribution >= 4 is 11.0 Å². The summed E-state index contributed by atoms with van der Waals surface area (Å²) in [5.41, 5.74) is 5.84. The summed E-state index contributed by atoms with van der Waals surface area (Å²) < 4.78 is 3.53. The first-order valence-electron chi connectivity index (χ1n) is 10.4. The molecular formula is C26H23N3O. The molecule has 0 radical (unpaired) electrons. The second-order valence-corrected chi connectivity index (χ2v) is 8.04. The van der Waals surface area contributed by atoms with Gasteiger partial charge in [0.2, 0.25) is 0 Å². The van der Waals surface area contributed by atoms with Crippen molar-refractivity contribution in [1.29, 1.82) is 0 Å². The van der Waals surface area contributed by atoms with Crippen LogP contribution in [0.1, 0.15) is 24.5 Å². The molecule has 0 N–H and O–H groups in total. The topological polar surface area (TPSA) is 39.8 Å². The molecule has 30 heavy (non-hydrogen) atoms. The summed E-state index contributed by atoms with van der Waals surface area (Å²) in [7, 11) is 0. The van der Waals surface area contributed by atoms with Gasteiger partial charge in [0.15, 0.2) is 5.65 Å². The number of fused-ring (bicyclic) bond motifs is 3. The highest BCUT2D eigenvalue weighted by molar-refractivity contribution is 5.86. The van der Waals surface area contributed by atoms with Crippen molar-refractivity contribution in [1.82, 2.24) is 14.3 Å². The fourth-order valence-electron chi connectivity index (χ4n) is 4.61. The minimum atomic E-state index is -0.0376. The molecule has 0 spiro atoms. The maximum atomic E-state index is 13.7. The zero-order valence-electron chi connectivity index (χ0n) is 17.0.